The zero-order valence-corrected chi connectivity index (χ0v) is 12.9. The fourth-order valence-corrected chi connectivity index (χ4v) is 1.72. The number of hydrogen-bond donors (Lipinski definition) is 1. The number of carbonyl (C=O) groups excluding carboxylic acids is 1. The molecule has 0 aliphatic rings. The average molecular weight is 330 g/mol. The van der Waals surface area contributed by atoms with Gasteiger partial charge in [-0.25, -0.2) is 4.98 Å². The number of hydrogen-bond acceptors (Lipinski definition) is 4. The minimum absolute atomic E-state index is 0.0578. The van der Waals surface area contributed by atoms with E-state index in [1.54, 1.807) is 6.20 Å². The van der Waals surface area contributed by atoms with Crippen LogP contribution >= 0.6 is 0 Å². The summed E-state index contributed by atoms with van der Waals surface area (Å²) in [7, 11) is 0. The van der Waals surface area contributed by atoms with Gasteiger partial charge in [0.1, 0.15) is 12.3 Å². The Hall–Kier alpha value is -2.32. The van der Waals surface area contributed by atoms with Gasteiger partial charge < -0.3 is 9.73 Å². The first kappa shape index (κ1) is 17.0. The summed E-state index contributed by atoms with van der Waals surface area (Å²) in [4.78, 5) is 15.8. The standard InChI is InChI=1S/C14H17F3N4O2/c1-13(2,3)10-6-19-12(23-10)7-18-11(22)8-21-5-4-9(20-21)14(15,16)17/h4-6H,7-8H2,1-3H3,(H,18,22). The lowest BCUT2D eigenvalue weighted by Gasteiger charge is -2.13. The third kappa shape index (κ3) is 4.57. The molecular weight excluding hydrogens is 313 g/mol. The molecule has 2 rings (SSSR count). The molecule has 0 unspecified atom stereocenters. The number of amides is 1. The molecule has 9 heteroatoms. The molecule has 0 radical (unpaired) electrons. The van der Waals surface area contributed by atoms with Crippen molar-refractivity contribution in [2.75, 3.05) is 0 Å². The van der Waals surface area contributed by atoms with Crippen molar-refractivity contribution in [2.24, 2.45) is 0 Å². The Kier molecular flexibility index (Phi) is 4.49. The van der Waals surface area contributed by atoms with Crippen LogP contribution in [0, 0.1) is 0 Å². The van der Waals surface area contributed by atoms with Crippen LogP contribution < -0.4 is 5.32 Å². The van der Waals surface area contributed by atoms with Crippen LogP contribution in [0.25, 0.3) is 0 Å². The third-order valence-corrected chi connectivity index (χ3v) is 2.97. The number of nitrogens with zero attached hydrogens (tertiary/aromatic N) is 3. The third-order valence-electron chi connectivity index (χ3n) is 2.97. The summed E-state index contributed by atoms with van der Waals surface area (Å²) in [6, 6.07) is 0.816. The molecular formula is C14H17F3N4O2. The maximum absolute atomic E-state index is 12.4. The van der Waals surface area contributed by atoms with Crippen LogP contribution in [-0.2, 0) is 29.5 Å². The number of rotatable bonds is 4. The molecule has 1 N–H and O–H groups in total. The maximum atomic E-state index is 12.4. The average Bonchev–Trinajstić information content (AvgIpc) is 3.03. The monoisotopic (exact) mass is 330 g/mol. The van der Waals surface area contributed by atoms with Crippen molar-refractivity contribution in [1.29, 1.82) is 0 Å². The van der Waals surface area contributed by atoms with E-state index in [0.29, 0.717) is 11.7 Å². The Labute approximate surface area is 130 Å². The lowest BCUT2D eigenvalue weighted by atomic mass is 9.94. The highest BCUT2D eigenvalue weighted by atomic mass is 19.4. The van der Waals surface area contributed by atoms with E-state index >= 15 is 0 Å². The first-order valence-electron chi connectivity index (χ1n) is 6.88. The highest BCUT2D eigenvalue weighted by Crippen LogP contribution is 2.27. The predicted molar refractivity (Wildman–Crippen MR) is 74.3 cm³/mol. The summed E-state index contributed by atoms with van der Waals surface area (Å²) in [6.45, 7) is 5.63. The van der Waals surface area contributed by atoms with Gasteiger partial charge in [0, 0.05) is 11.6 Å². The van der Waals surface area contributed by atoms with Crippen LogP contribution in [0.15, 0.2) is 22.9 Å². The Morgan fingerprint density at radius 1 is 1.35 bits per heavy atom. The molecule has 1 amide bonds. The Bertz CT molecular complexity index is 683. The number of oxazole rings is 1. The normalized spacial score (nSPS) is 12.4. The molecule has 2 aromatic rings. The Morgan fingerprint density at radius 3 is 2.57 bits per heavy atom. The topological polar surface area (TPSA) is 73.0 Å². The summed E-state index contributed by atoms with van der Waals surface area (Å²) in [6.07, 6.45) is -1.83. The number of aromatic nitrogens is 3. The predicted octanol–water partition coefficient (Wildman–Crippen LogP) is 2.50. The van der Waals surface area contributed by atoms with Crippen molar-refractivity contribution in [3.8, 4) is 0 Å². The second-order valence-electron chi connectivity index (χ2n) is 6.04. The van der Waals surface area contributed by atoms with E-state index in [9.17, 15) is 18.0 Å². The second kappa shape index (κ2) is 6.05. The first-order valence-corrected chi connectivity index (χ1v) is 6.88. The quantitative estimate of drug-likeness (QED) is 0.935. The molecule has 0 bridgehead atoms. The molecule has 23 heavy (non-hydrogen) atoms. The van der Waals surface area contributed by atoms with Gasteiger partial charge in [0.2, 0.25) is 11.8 Å². The largest absolute Gasteiger partial charge is 0.443 e. The summed E-state index contributed by atoms with van der Waals surface area (Å²) in [5.74, 6) is 0.528. The van der Waals surface area contributed by atoms with Crippen LogP contribution in [0.3, 0.4) is 0 Å². The van der Waals surface area contributed by atoms with E-state index in [-0.39, 0.29) is 18.5 Å². The van der Waals surface area contributed by atoms with E-state index in [0.717, 1.165) is 16.9 Å². The fraction of sp³-hybridized carbons (Fsp3) is 0.500. The molecule has 6 nitrogen and oxygen atoms in total. The van der Waals surface area contributed by atoms with Crippen LogP contribution in [0.5, 0.6) is 0 Å². The summed E-state index contributed by atoms with van der Waals surface area (Å²) in [5.41, 5.74) is -1.23. The fourth-order valence-electron chi connectivity index (χ4n) is 1.72. The Morgan fingerprint density at radius 2 is 2.04 bits per heavy atom. The van der Waals surface area contributed by atoms with Gasteiger partial charge in [-0.15, -0.1) is 0 Å². The molecule has 0 spiro atoms. The Balaban J connectivity index is 1.88. The maximum Gasteiger partial charge on any atom is 0.435 e. The highest BCUT2D eigenvalue weighted by molar-refractivity contribution is 5.75. The number of carbonyl (C=O) groups is 1. The van der Waals surface area contributed by atoms with Crippen molar-refractivity contribution in [3.05, 3.63) is 35.8 Å². The van der Waals surface area contributed by atoms with E-state index < -0.39 is 17.8 Å². The van der Waals surface area contributed by atoms with Gasteiger partial charge in [0.05, 0.1) is 12.7 Å². The minimum Gasteiger partial charge on any atom is -0.443 e. The van der Waals surface area contributed by atoms with E-state index in [2.05, 4.69) is 15.4 Å². The SMILES string of the molecule is CC(C)(C)c1cnc(CNC(=O)Cn2ccc(C(F)(F)F)n2)o1. The van der Waals surface area contributed by atoms with Crippen LogP contribution in [0.1, 0.15) is 38.1 Å². The lowest BCUT2D eigenvalue weighted by Crippen LogP contribution is -2.27. The first-order chi connectivity index (χ1) is 10.6. The molecule has 0 saturated heterocycles. The van der Waals surface area contributed by atoms with Gasteiger partial charge in [-0.2, -0.15) is 18.3 Å². The minimum atomic E-state index is -4.52. The smallest absolute Gasteiger partial charge is 0.435 e. The zero-order chi connectivity index (χ0) is 17.3. The zero-order valence-electron chi connectivity index (χ0n) is 12.9. The summed E-state index contributed by atoms with van der Waals surface area (Å²) >= 11 is 0. The molecule has 0 aliphatic carbocycles. The van der Waals surface area contributed by atoms with Gasteiger partial charge in [0.25, 0.3) is 0 Å². The molecule has 2 aromatic heterocycles. The van der Waals surface area contributed by atoms with Gasteiger partial charge in [-0.05, 0) is 6.07 Å². The summed E-state index contributed by atoms with van der Waals surface area (Å²) in [5, 5.41) is 5.83. The van der Waals surface area contributed by atoms with Gasteiger partial charge in [-0.1, -0.05) is 20.8 Å². The van der Waals surface area contributed by atoms with Crippen molar-refractivity contribution >= 4 is 5.91 Å². The molecule has 126 valence electrons. The van der Waals surface area contributed by atoms with E-state index in [1.807, 2.05) is 20.8 Å². The van der Waals surface area contributed by atoms with Crippen LogP contribution in [0.2, 0.25) is 0 Å². The van der Waals surface area contributed by atoms with Crippen molar-refractivity contribution in [3.63, 3.8) is 0 Å². The summed E-state index contributed by atoms with van der Waals surface area (Å²) < 4.78 is 43.7. The van der Waals surface area contributed by atoms with Crippen LogP contribution in [0.4, 0.5) is 13.2 Å². The van der Waals surface area contributed by atoms with E-state index in [1.165, 1.54) is 0 Å². The number of halogens is 3. The molecule has 0 atom stereocenters. The molecule has 0 saturated carbocycles. The van der Waals surface area contributed by atoms with Crippen molar-refractivity contribution in [1.82, 2.24) is 20.1 Å². The highest BCUT2D eigenvalue weighted by Gasteiger charge is 2.33. The van der Waals surface area contributed by atoms with Gasteiger partial charge in [0.15, 0.2) is 5.69 Å². The van der Waals surface area contributed by atoms with Crippen molar-refractivity contribution in [2.45, 2.75) is 45.5 Å². The molecule has 0 fully saturated rings. The molecule has 0 aromatic carbocycles. The number of alkyl halides is 3. The second-order valence-corrected chi connectivity index (χ2v) is 6.04. The van der Waals surface area contributed by atoms with Gasteiger partial charge >= 0.3 is 6.18 Å². The van der Waals surface area contributed by atoms with Crippen LogP contribution in [-0.4, -0.2) is 20.7 Å². The molecule has 0 aliphatic heterocycles. The molecule has 2 heterocycles. The lowest BCUT2D eigenvalue weighted by molar-refractivity contribution is -0.141. The van der Waals surface area contributed by atoms with Crippen molar-refractivity contribution < 1.29 is 22.4 Å². The van der Waals surface area contributed by atoms with Gasteiger partial charge in [-0.3, -0.25) is 9.48 Å². The van der Waals surface area contributed by atoms with E-state index in [4.69, 9.17) is 4.42 Å². The number of nitrogens with one attached hydrogen (secondary N) is 1.